The number of carbonyl (C=O) groups is 2. The van der Waals surface area contributed by atoms with E-state index in [0.717, 1.165) is 57.8 Å². The van der Waals surface area contributed by atoms with Gasteiger partial charge in [0.05, 0.1) is 0 Å². The van der Waals surface area contributed by atoms with Gasteiger partial charge in [-0.1, -0.05) is 141 Å². The van der Waals surface area contributed by atoms with Crippen molar-refractivity contribution in [3.63, 3.8) is 0 Å². The number of esters is 2. The van der Waals surface area contributed by atoms with E-state index in [1.165, 1.54) is 109 Å². The Morgan fingerprint density at radius 1 is 0.452 bits per heavy atom. The first-order valence-corrected chi connectivity index (χ1v) is 18.1. The van der Waals surface area contributed by atoms with Gasteiger partial charge in [-0.15, -0.1) is 0 Å². The summed E-state index contributed by atoms with van der Waals surface area (Å²) >= 11 is 0. The molecule has 0 aliphatic rings. The van der Waals surface area contributed by atoms with Gasteiger partial charge >= 0.3 is 18.2 Å². The monoisotopic (exact) mass is 590 g/mol. The fourth-order valence-electron chi connectivity index (χ4n) is 5.12. The maximum absolute atomic E-state index is 12.0. The van der Waals surface area contributed by atoms with Crippen LogP contribution in [0.25, 0.3) is 0 Å². The number of hydrogen-bond donors (Lipinski definition) is 0. The summed E-state index contributed by atoms with van der Waals surface area (Å²) in [5.74, 6) is -0.677. The molecule has 0 radical (unpaired) electrons. The van der Waals surface area contributed by atoms with E-state index in [0.29, 0.717) is 12.8 Å². The van der Waals surface area contributed by atoms with Gasteiger partial charge in [0.25, 0.3) is 0 Å². The lowest BCUT2D eigenvalue weighted by Gasteiger charge is -2.09. The van der Waals surface area contributed by atoms with Crippen LogP contribution in [-0.4, -0.2) is 18.2 Å². The van der Waals surface area contributed by atoms with E-state index >= 15 is 0 Å². The normalized spacial score (nSPS) is 12.3. The van der Waals surface area contributed by atoms with Gasteiger partial charge in [0, 0.05) is 12.8 Å². The lowest BCUT2D eigenvalue weighted by atomic mass is 10.1. The minimum Gasteiger partial charge on any atom is -0.386 e. The molecule has 0 N–H and O–H groups in total. The molecular weight excluding hydrogens is 520 g/mol. The van der Waals surface area contributed by atoms with Gasteiger partial charge in [-0.25, -0.2) is 0 Å². The number of hydrogen-bond acceptors (Lipinski definition) is 4. The Balaban J connectivity index is 3.49. The molecule has 0 saturated heterocycles. The second-order valence-corrected chi connectivity index (χ2v) is 12.1. The zero-order valence-electron chi connectivity index (χ0n) is 28.0. The Morgan fingerprint density at radius 2 is 0.714 bits per heavy atom. The van der Waals surface area contributed by atoms with Crippen molar-refractivity contribution in [2.75, 3.05) is 0 Å². The minimum atomic E-state index is -1.05. The van der Waals surface area contributed by atoms with Gasteiger partial charge < -0.3 is 9.47 Å². The highest BCUT2D eigenvalue weighted by atomic mass is 16.7. The van der Waals surface area contributed by atoms with Crippen molar-refractivity contribution in [3.8, 4) is 0 Å². The predicted octanol–water partition coefficient (Wildman–Crippen LogP) is 12.3. The number of unbranched alkanes of at least 4 members (excludes halogenated alkanes) is 22. The molecule has 0 bridgehead atoms. The van der Waals surface area contributed by atoms with E-state index in [1.54, 1.807) is 0 Å². The van der Waals surface area contributed by atoms with Gasteiger partial charge in [-0.3, -0.25) is 9.59 Å². The molecule has 0 aromatic heterocycles. The Morgan fingerprint density at radius 3 is 1.05 bits per heavy atom. The smallest absolute Gasteiger partial charge is 0.386 e. The number of carbonyl (C=O) groups excluding carboxylic acids is 2. The van der Waals surface area contributed by atoms with E-state index in [4.69, 9.17) is 9.47 Å². The molecule has 0 rings (SSSR count). The summed E-state index contributed by atoms with van der Waals surface area (Å²) in [6, 6.07) is 0. The molecule has 0 fully saturated rings. The second-order valence-electron chi connectivity index (χ2n) is 12.1. The van der Waals surface area contributed by atoms with Crippen molar-refractivity contribution >= 4 is 11.9 Å². The lowest BCUT2D eigenvalue weighted by molar-refractivity contribution is -0.180. The summed E-state index contributed by atoms with van der Waals surface area (Å²) in [5.41, 5.74) is 0. The van der Waals surface area contributed by atoms with Crippen LogP contribution in [0.3, 0.4) is 0 Å². The molecule has 0 aromatic carbocycles. The van der Waals surface area contributed by atoms with E-state index in [1.807, 2.05) is 0 Å². The molecule has 4 heteroatoms. The van der Waals surface area contributed by atoms with Crippen LogP contribution >= 0.6 is 0 Å². The molecule has 0 heterocycles. The van der Waals surface area contributed by atoms with Crippen molar-refractivity contribution in [3.05, 3.63) is 31.2 Å². The van der Waals surface area contributed by atoms with Gasteiger partial charge in [0.1, 0.15) is 6.92 Å². The first-order chi connectivity index (χ1) is 20.6. The quantitative estimate of drug-likeness (QED) is 0.0257. The highest BCUT2D eigenvalue weighted by Gasteiger charge is 2.18. The van der Waals surface area contributed by atoms with Crippen molar-refractivity contribution in [2.24, 2.45) is 0 Å². The SMILES string of the molecule is [CH2+]C(OC(=O)CCCCC/C=C/CCCCCCCCCC)OC(=O)CCCCCC/C=C/CCCCCCCCC. The van der Waals surface area contributed by atoms with E-state index in [-0.39, 0.29) is 11.9 Å². The topological polar surface area (TPSA) is 52.6 Å². The van der Waals surface area contributed by atoms with Gasteiger partial charge in [0.15, 0.2) is 0 Å². The third-order valence-electron chi connectivity index (χ3n) is 7.81. The third kappa shape index (κ3) is 32.8. The van der Waals surface area contributed by atoms with Crippen molar-refractivity contribution in [1.29, 1.82) is 0 Å². The molecule has 0 amide bonds. The van der Waals surface area contributed by atoms with Gasteiger partial charge in [0.2, 0.25) is 0 Å². The molecule has 1 unspecified atom stereocenters. The summed E-state index contributed by atoms with van der Waals surface area (Å²) in [6.45, 7) is 8.19. The highest BCUT2D eigenvalue weighted by molar-refractivity contribution is 5.71. The summed E-state index contributed by atoms with van der Waals surface area (Å²) in [6.07, 6.45) is 40.8. The van der Waals surface area contributed by atoms with Gasteiger partial charge in [-0.05, 0) is 64.2 Å². The van der Waals surface area contributed by atoms with Crippen LogP contribution in [0.1, 0.15) is 194 Å². The summed E-state index contributed by atoms with van der Waals surface area (Å²) in [4.78, 5) is 24.0. The van der Waals surface area contributed by atoms with Crippen LogP contribution in [-0.2, 0) is 19.1 Å². The van der Waals surface area contributed by atoms with Crippen LogP contribution < -0.4 is 0 Å². The second kappa shape index (κ2) is 33.8. The Hall–Kier alpha value is -1.71. The Kier molecular flexibility index (Phi) is 32.4. The molecule has 244 valence electrons. The highest BCUT2D eigenvalue weighted by Crippen LogP contribution is 2.13. The average Bonchev–Trinajstić information content (AvgIpc) is 2.97. The minimum absolute atomic E-state index is 0.337. The van der Waals surface area contributed by atoms with Crippen LogP contribution in [0, 0.1) is 6.92 Å². The van der Waals surface area contributed by atoms with Crippen molar-refractivity contribution in [1.82, 2.24) is 0 Å². The van der Waals surface area contributed by atoms with Crippen LogP contribution in [0.2, 0.25) is 0 Å². The molecule has 0 spiro atoms. The molecule has 0 aliphatic carbocycles. The standard InChI is InChI=1S/C38H69O4/c1-4-6-8-10-12-14-16-18-20-22-24-26-28-30-32-34-37(39)41-36(3)42-38(40)35-33-31-29-27-25-23-21-19-17-15-13-11-9-7-5-2/h20,22-23,25,36H,3-19,21,24,26-35H2,1-2H3/q+1/b22-20+,25-23+. The van der Waals surface area contributed by atoms with E-state index < -0.39 is 6.29 Å². The number of allylic oxidation sites excluding steroid dienone is 4. The fraction of sp³-hybridized carbons (Fsp3) is 0.816. The molecule has 0 aromatic rings. The molecule has 0 aliphatic heterocycles. The number of rotatable bonds is 32. The lowest BCUT2D eigenvalue weighted by Crippen LogP contribution is -2.21. The maximum Gasteiger partial charge on any atom is 0.391 e. The van der Waals surface area contributed by atoms with Crippen molar-refractivity contribution < 1.29 is 19.1 Å². The number of ether oxygens (including phenoxy) is 2. The predicted molar refractivity (Wildman–Crippen MR) is 180 cm³/mol. The van der Waals surface area contributed by atoms with Crippen molar-refractivity contribution in [2.45, 2.75) is 200 Å². The average molecular weight is 590 g/mol. The molecular formula is C38H69O4+. The maximum atomic E-state index is 12.0. The molecule has 1 atom stereocenters. The summed E-state index contributed by atoms with van der Waals surface area (Å²) < 4.78 is 10.3. The van der Waals surface area contributed by atoms with E-state index in [2.05, 4.69) is 45.1 Å². The Labute approximate surface area is 261 Å². The zero-order valence-corrected chi connectivity index (χ0v) is 28.0. The van der Waals surface area contributed by atoms with Gasteiger partial charge in [-0.2, -0.15) is 0 Å². The first-order valence-electron chi connectivity index (χ1n) is 18.1. The Bertz CT molecular complexity index is 639. The van der Waals surface area contributed by atoms with Crippen LogP contribution in [0.5, 0.6) is 0 Å². The largest absolute Gasteiger partial charge is 0.391 e. The molecule has 42 heavy (non-hydrogen) atoms. The molecule has 4 nitrogen and oxygen atoms in total. The third-order valence-corrected chi connectivity index (χ3v) is 7.81. The zero-order chi connectivity index (χ0) is 30.8. The van der Waals surface area contributed by atoms with Crippen LogP contribution in [0.15, 0.2) is 24.3 Å². The van der Waals surface area contributed by atoms with Crippen LogP contribution in [0.4, 0.5) is 0 Å². The fourth-order valence-corrected chi connectivity index (χ4v) is 5.12. The molecule has 0 saturated carbocycles. The summed E-state index contributed by atoms with van der Waals surface area (Å²) in [5, 5.41) is 0. The summed E-state index contributed by atoms with van der Waals surface area (Å²) in [7, 11) is 0. The first kappa shape index (κ1) is 40.3. The van der Waals surface area contributed by atoms with E-state index in [9.17, 15) is 9.59 Å².